The van der Waals surface area contributed by atoms with Crippen molar-refractivity contribution in [1.29, 1.82) is 0 Å². The quantitative estimate of drug-likeness (QED) is 0.546. The van der Waals surface area contributed by atoms with Crippen molar-refractivity contribution in [2.45, 2.75) is 6.42 Å². The highest BCUT2D eigenvalue weighted by molar-refractivity contribution is 5.85. The molecule has 2 aromatic heterocycles. The van der Waals surface area contributed by atoms with Gasteiger partial charge < -0.3 is 9.97 Å². The molecule has 18 heavy (non-hydrogen) atoms. The SMILES string of the molecule is O=[N+]([O-])c1ccc2[nH]cc(Cc3cnc[nH]3)c2c1. The topological polar surface area (TPSA) is 87.6 Å². The second kappa shape index (κ2) is 3.99. The van der Waals surface area contributed by atoms with Crippen molar-refractivity contribution in [3.63, 3.8) is 0 Å². The number of aromatic nitrogens is 3. The molecule has 0 radical (unpaired) electrons. The third kappa shape index (κ3) is 1.73. The lowest BCUT2D eigenvalue weighted by atomic mass is 10.1. The Bertz CT molecular complexity index is 700. The number of nitrogens with one attached hydrogen (secondary N) is 2. The van der Waals surface area contributed by atoms with Gasteiger partial charge in [-0.05, 0) is 11.6 Å². The summed E-state index contributed by atoms with van der Waals surface area (Å²) in [5.74, 6) is 0. The summed E-state index contributed by atoms with van der Waals surface area (Å²) in [6, 6.07) is 4.82. The molecule has 3 aromatic rings. The fraction of sp³-hybridized carbons (Fsp3) is 0.0833. The van der Waals surface area contributed by atoms with Gasteiger partial charge in [0.2, 0.25) is 0 Å². The van der Waals surface area contributed by atoms with Gasteiger partial charge in [0.05, 0.1) is 11.3 Å². The molecule has 90 valence electrons. The normalized spacial score (nSPS) is 10.9. The van der Waals surface area contributed by atoms with Crippen LogP contribution in [0.25, 0.3) is 10.9 Å². The standard InChI is InChI=1S/C12H10N4O2/c17-16(18)10-1-2-12-11(4-10)8(5-14-12)3-9-6-13-7-15-9/h1-2,4-7,14H,3H2,(H,13,15). The Morgan fingerprint density at radius 3 is 2.94 bits per heavy atom. The first-order valence-electron chi connectivity index (χ1n) is 5.45. The van der Waals surface area contributed by atoms with Crippen LogP contribution in [0.2, 0.25) is 0 Å². The summed E-state index contributed by atoms with van der Waals surface area (Å²) < 4.78 is 0. The van der Waals surface area contributed by atoms with Crippen molar-refractivity contribution >= 4 is 16.6 Å². The Morgan fingerprint density at radius 1 is 1.33 bits per heavy atom. The number of nitro benzene ring substituents is 1. The van der Waals surface area contributed by atoms with Crippen LogP contribution in [-0.4, -0.2) is 19.9 Å². The molecule has 0 saturated carbocycles. The fourth-order valence-electron chi connectivity index (χ4n) is 2.01. The zero-order chi connectivity index (χ0) is 12.5. The van der Waals surface area contributed by atoms with Gasteiger partial charge in [0, 0.05) is 47.5 Å². The molecule has 1 aromatic carbocycles. The first-order chi connectivity index (χ1) is 8.74. The summed E-state index contributed by atoms with van der Waals surface area (Å²) in [6.07, 6.45) is 5.90. The van der Waals surface area contributed by atoms with Crippen molar-refractivity contribution < 1.29 is 4.92 Å². The van der Waals surface area contributed by atoms with Crippen LogP contribution in [0.5, 0.6) is 0 Å². The summed E-state index contributed by atoms with van der Waals surface area (Å²) in [5, 5.41) is 11.6. The van der Waals surface area contributed by atoms with Crippen LogP contribution in [0.3, 0.4) is 0 Å². The first-order valence-corrected chi connectivity index (χ1v) is 5.45. The van der Waals surface area contributed by atoms with E-state index in [-0.39, 0.29) is 10.6 Å². The minimum absolute atomic E-state index is 0.105. The Balaban J connectivity index is 2.06. The molecule has 0 fully saturated rings. The van der Waals surface area contributed by atoms with Crippen molar-refractivity contribution in [3.8, 4) is 0 Å². The summed E-state index contributed by atoms with van der Waals surface area (Å²) in [5.41, 5.74) is 2.99. The number of imidazole rings is 1. The van der Waals surface area contributed by atoms with Gasteiger partial charge >= 0.3 is 0 Å². The van der Waals surface area contributed by atoms with E-state index in [9.17, 15) is 10.1 Å². The fourth-order valence-corrected chi connectivity index (χ4v) is 2.01. The monoisotopic (exact) mass is 242 g/mol. The van der Waals surface area contributed by atoms with Gasteiger partial charge in [0.1, 0.15) is 0 Å². The summed E-state index contributed by atoms with van der Waals surface area (Å²) >= 11 is 0. The van der Waals surface area contributed by atoms with Gasteiger partial charge in [-0.2, -0.15) is 0 Å². The van der Waals surface area contributed by atoms with Crippen molar-refractivity contribution in [1.82, 2.24) is 15.0 Å². The van der Waals surface area contributed by atoms with E-state index in [1.165, 1.54) is 6.07 Å². The van der Waals surface area contributed by atoms with Gasteiger partial charge in [-0.1, -0.05) is 0 Å². The van der Waals surface area contributed by atoms with E-state index in [1.54, 1.807) is 24.7 Å². The molecule has 0 aliphatic carbocycles. The van der Waals surface area contributed by atoms with Crippen LogP contribution >= 0.6 is 0 Å². The van der Waals surface area contributed by atoms with E-state index in [0.717, 1.165) is 22.2 Å². The largest absolute Gasteiger partial charge is 0.361 e. The molecular formula is C12H10N4O2. The molecule has 0 bridgehead atoms. The summed E-state index contributed by atoms with van der Waals surface area (Å²) in [6.45, 7) is 0. The van der Waals surface area contributed by atoms with Gasteiger partial charge in [-0.15, -0.1) is 0 Å². The van der Waals surface area contributed by atoms with E-state index in [0.29, 0.717) is 6.42 Å². The molecule has 0 spiro atoms. The molecule has 2 heterocycles. The smallest absolute Gasteiger partial charge is 0.270 e. The molecular weight excluding hydrogens is 232 g/mol. The molecule has 0 unspecified atom stereocenters. The number of hydrogen-bond donors (Lipinski definition) is 2. The van der Waals surface area contributed by atoms with E-state index in [2.05, 4.69) is 15.0 Å². The maximum absolute atomic E-state index is 10.8. The van der Waals surface area contributed by atoms with Crippen LogP contribution in [0, 0.1) is 10.1 Å². The second-order valence-electron chi connectivity index (χ2n) is 4.05. The highest BCUT2D eigenvalue weighted by Crippen LogP contribution is 2.24. The third-order valence-corrected chi connectivity index (χ3v) is 2.90. The summed E-state index contributed by atoms with van der Waals surface area (Å²) in [4.78, 5) is 20.5. The molecule has 3 rings (SSSR count). The van der Waals surface area contributed by atoms with Crippen LogP contribution in [0.15, 0.2) is 36.9 Å². The molecule has 0 saturated heterocycles. The van der Waals surface area contributed by atoms with E-state index >= 15 is 0 Å². The van der Waals surface area contributed by atoms with Crippen molar-refractivity contribution in [2.75, 3.05) is 0 Å². The Morgan fingerprint density at radius 2 is 2.22 bits per heavy atom. The van der Waals surface area contributed by atoms with Gasteiger partial charge in [-0.25, -0.2) is 4.98 Å². The van der Waals surface area contributed by atoms with E-state index in [4.69, 9.17) is 0 Å². The number of rotatable bonds is 3. The first kappa shape index (κ1) is 10.5. The molecule has 2 N–H and O–H groups in total. The maximum atomic E-state index is 10.8. The minimum Gasteiger partial charge on any atom is -0.361 e. The average Bonchev–Trinajstić information content (AvgIpc) is 2.99. The highest BCUT2D eigenvalue weighted by Gasteiger charge is 2.11. The predicted octanol–water partition coefficient (Wildman–Crippen LogP) is 2.39. The van der Waals surface area contributed by atoms with E-state index in [1.807, 2.05) is 6.20 Å². The molecule has 0 aliphatic heterocycles. The number of nitro groups is 1. The number of hydrogen-bond acceptors (Lipinski definition) is 3. The number of fused-ring (bicyclic) bond motifs is 1. The van der Waals surface area contributed by atoms with Crippen LogP contribution in [0.4, 0.5) is 5.69 Å². The Hall–Kier alpha value is -2.63. The third-order valence-electron chi connectivity index (χ3n) is 2.90. The molecule has 0 aliphatic rings. The van der Waals surface area contributed by atoms with Crippen LogP contribution < -0.4 is 0 Å². The minimum atomic E-state index is -0.383. The number of H-pyrrole nitrogens is 2. The zero-order valence-corrected chi connectivity index (χ0v) is 9.38. The Kier molecular flexibility index (Phi) is 2.33. The lowest BCUT2D eigenvalue weighted by molar-refractivity contribution is -0.384. The van der Waals surface area contributed by atoms with Crippen molar-refractivity contribution in [2.24, 2.45) is 0 Å². The Labute approximate surface area is 102 Å². The van der Waals surface area contributed by atoms with E-state index < -0.39 is 0 Å². The zero-order valence-electron chi connectivity index (χ0n) is 9.38. The number of non-ortho nitro benzene ring substituents is 1. The average molecular weight is 242 g/mol. The molecule has 6 heteroatoms. The second-order valence-corrected chi connectivity index (χ2v) is 4.05. The van der Waals surface area contributed by atoms with Crippen LogP contribution in [0.1, 0.15) is 11.3 Å². The molecule has 6 nitrogen and oxygen atoms in total. The van der Waals surface area contributed by atoms with Crippen molar-refractivity contribution in [3.05, 3.63) is 58.3 Å². The summed E-state index contributed by atoms with van der Waals surface area (Å²) in [7, 11) is 0. The van der Waals surface area contributed by atoms with Gasteiger partial charge in [-0.3, -0.25) is 10.1 Å². The molecule has 0 amide bonds. The van der Waals surface area contributed by atoms with Gasteiger partial charge in [0.15, 0.2) is 0 Å². The number of benzene rings is 1. The number of aromatic amines is 2. The predicted molar refractivity (Wildman–Crippen MR) is 66.3 cm³/mol. The van der Waals surface area contributed by atoms with Gasteiger partial charge in [0.25, 0.3) is 5.69 Å². The lowest BCUT2D eigenvalue weighted by Crippen LogP contribution is -1.89. The maximum Gasteiger partial charge on any atom is 0.270 e. The van der Waals surface area contributed by atoms with Crippen LogP contribution in [-0.2, 0) is 6.42 Å². The molecule has 0 atom stereocenters. The number of nitrogens with zero attached hydrogens (tertiary/aromatic N) is 2. The highest BCUT2D eigenvalue weighted by atomic mass is 16.6. The lowest BCUT2D eigenvalue weighted by Gasteiger charge is -1.97.